The van der Waals surface area contributed by atoms with E-state index in [0.29, 0.717) is 0 Å². The molecule has 2 aliphatic rings. The van der Waals surface area contributed by atoms with E-state index in [-0.39, 0.29) is 0 Å². The maximum absolute atomic E-state index is 4.32. The van der Waals surface area contributed by atoms with Gasteiger partial charge in [0, 0.05) is 23.8 Å². The second kappa shape index (κ2) is 5.96. The van der Waals surface area contributed by atoms with Gasteiger partial charge in [0.1, 0.15) is 0 Å². The number of fused-ring (bicyclic) bond motifs is 2. The lowest BCUT2D eigenvalue weighted by molar-refractivity contribution is 0.668. The fourth-order valence-corrected chi connectivity index (χ4v) is 2.90. The largest absolute Gasteiger partial charge is 0.261 e. The van der Waals surface area contributed by atoms with Gasteiger partial charge in [-0.1, -0.05) is 12.1 Å². The quantitative estimate of drug-likeness (QED) is 0.717. The van der Waals surface area contributed by atoms with Crippen molar-refractivity contribution < 1.29 is 0 Å². The molecule has 98 valence electrons. The van der Waals surface area contributed by atoms with E-state index in [4.69, 9.17) is 0 Å². The highest BCUT2D eigenvalue weighted by atomic mass is 14.7. The molecule has 0 fully saturated rings. The third-order valence-corrected chi connectivity index (χ3v) is 3.94. The van der Waals surface area contributed by atoms with Crippen molar-refractivity contribution in [1.29, 1.82) is 0 Å². The molecule has 0 radical (unpaired) electrons. The molecule has 0 aliphatic heterocycles. The summed E-state index contributed by atoms with van der Waals surface area (Å²) >= 11 is 0. The fourth-order valence-electron chi connectivity index (χ4n) is 2.90. The van der Waals surface area contributed by atoms with Crippen molar-refractivity contribution in [3.8, 4) is 0 Å². The number of hydrogen-bond acceptors (Lipinski definition) is 2. The van der Waals surface area contributed by atoms with Crippen molar-refractivity contribution in [2.45, 2.75) is 44.9 Å². The molecular formula is C17H20N2. The van der Waals surface area contributed by atoms with Crippen LogP contribution in [0.4, 0.5) is 0 Å². The maximum Gasteiger partial charge on any atom is 0.0435 e. The van der Waals surface area contributed by atoms with Gasteiger partial charge in [-0.2, -0.15) is 0 Å². The number of nitrogens with zero attached hydrogens (tertiary/aromatic N) is 2. The Hall–Kier alpha value is -1.70. The molecule has 2 aromatic rings. The first-order valence-corrected chi connectivity index (χ1v) is 7.29. The molecule has 0 amide bonds. The number of pyridine rings is 2. The van der Waals surface area contributed by atoms with Crippen LogP contribution in [0.25, 0.3) is 0 Å². The third-order valence-electron chi connectivity index (χ3n) is 3.94. The topological polar surface area (TPSA) is 25.8 Å². The van der Waals surface area contributed by atoms with Gasteiger partial charge >= 0.3 is 0 Å². The summed E-state index contributed by atoms with van der Waals surface area (Å²) < 4.78 is 0. The van der Waals surface area contributed by atoms with E-state index in [9.17, 15) is 0 Å². The van der Waals surface area contributed by atoms with Crippen LogP contribution in [-0.4, -0.2) is 9.97 Å². The van der Waals surface area contributed by atoms with Crippen LogP contribution in [0.2, 0.25) is 0 Å². The summed E-state index contributed by atoms with van der Waals surface area (Å²) in [5.41, 5.74) is 5.57. The molecular weight excluding hydrogens is 232 g/mol. The van der Waals surface area contributed by atoms with E-state index in [0.717, 1.165) is 0 Å². The van der Waals surface area contributed by atoms with Crippen LogP contribution in [0.15, 0.2) is 36.7 Å². The Morgan fingerprint density at radius 1 is 0.632 bits per heavy atom. The van der Waals surface area contributed by atoms with Gasteiger partial charge in [-0.25, -0.2) is 0 Å². The molecule has 0 atom stereocenters. The molecule has 0 bridgehead atoms. The minimum Gasteiger partial charge on any atom is -0.261 e. The zero-order chi connectivity index (χ0) is 12.9. The van der Waals surface area contributed by atoms with Gasteiger partial charge in [0.05, 0.1) is 0 Å². The molecule has 0 unspecified atom stereocenters. The van der Waals surface area contributed by atoms with E-state index in [1.807, 2.05) is 24.5 Å². The number of rotatable bonds is 0. The lowest BCUT2D eigenvalue weighted by Gasteiger charge is -2.12. The average molecular weight is 252 g/mol. The number of aryl methyl sites for hydroxylation is 4. The molecule has 0 aromatic carbocycles. The van der Waals surface area contributed by atoms with Gasteiger partial charge in [0.2, 0.25) is 0 Å². The van der Waals surface area contributed by atoms with E-state index in [1.165, 1.54) is 67.5 Å². The first-order valence-electron chi connectivity index (χ1n) is 7.29. The van der Waals surface area contributed by atoms with E-state index in [1.54, 1.807) is 0 Å². The molecule has 0 spiro atoms. The Bertz CT molecular complexity index is 500. The second-order valence-corrected chi connectivity index (χ2v) is 5.28. The van der Waals surface area contributed by atoms with Gasteiger partial charge in [0.25, 0.3) is 0 Å². The molecule has 19 heavy (non-hydrogen) atoms. The summed E-state index contributed by atoms with van der Waals surface area (Å²) in [5.74, 6) is 0. The molecule has 0 N–H and O–H groups in total. The Labute approximate surface area is 114 Å². The molecule has 2 aliphatic carbocycles. The molecule has 2 nitrogen and oxygen atoms in total. The van der Waals surface area contributed by atoms with Crippen molar-refractivity contribution in [2.24, 2.45) is 0 Å². The summed E-state index contributed by atoms with van der Waals surface area (Å²) in [6.45, 7) is 0. The van der Waals surface area contributed by atoms with E-state index in [2.05, 4.69) is 22.1 Å². The highest BCUT2D eigenvalue weighted by Crippen LogP contribution is 2.18. The zero-order valence-corrected chi connectivity index (χ0v) is 11.3. The van der Waals surface area contributed by atoms with Crippen molar-refractivity contribution in [1.82, 2.24) is 9.97 Å². The Kier molecular flexibility index (Phi) is 3.87. The summed E-state index contributed by atoms with van der Waals surface area (Å²) in [6, 6.07) is 8.42. The summed E-state index contributed by atoms with van der Waals surface area (Å²) in [5, 5.41) is 0. The lowest BCUT2D eigenvalue weighted by atomic mass is 9.96. The molecule has 2 heteroatoms. The standard InChI is InChI=1S/C9H11N.C8H9N/c1-2-6-9-8(4-1)5-3-7-10-9;1-3-7-4-2-6-9-8(7)5-1/h3,5,7H,1-2,4,6H2;2,4,6H,1,3,5H2. The maximum atomic E-state index is 4.32. The average Bonchev–Trinajstić information content (AvgIpc) is 2.96. The highest BCUT2D eigenvalue weighted by Gasteiger charge is 2.09. The van der Waals surface area contributed by atoms with Crippen molar-refractivity contribution in [2.75, 3.05) is 0 Å². The summed E-state index contributed by atoms with van der Waals surface area (Å²) in [7, 11) is 0. The van der Waals surface area contributed by atoms with Gasteiger partial charge in [-0.3, -0.25) is 9.97 Å². The van der Waals surface area contributed by atoms with E-state index < -0.39 is 0 Å². The Morgan fingerprint density at radius 3 is 1.79 bits per heavy atom. The fraction of sp³-hybridized carbons (Fsp3) is 0.412. The van der Waals surface area contributed by atoms with Crippen LogP contribution in [0.3, 0.4) is 0 Å². The minimum atomic E-state index is 1.19. The smallest absolute Gasteiger partial charge is 0.0435 e. The second-order valence-electron chi connectivity index (χ2n) is 5.28. The van der Waals surface area contributed by atoms with Gasteiger partial charge in [-0.05, 0) is 68.2 Å². The highest BCUT2D eigenvalue weighted by molar-refractivity contribution is 5.23. The lowest BCUT2D eigenvalue weighted by Crippen LogP contribution is -2.03. The molecule has 0 saturated carbocycles. The molecule has 0 saturated heterocycles. The molecule has 2 heterocycles. The minimum absolute atomic E-state index is 1.19. The first kappa shape index (κ1) is 12.3. The Balaban J connectivity index is 0.000000117. The third kappa shape index (κ3) is 3.01. The summed E-state index contributed by atoms with van der Waals surface area (Å²) in [6.07, 6.45) is 12.6. The first-order chi connectivity index (χ1) is 9.43. The predicted molar refractivity (Wildman–Crippen MR) is 77.1 cm³/mol. The summed E-state index contributed by atoms with van der Waals surface area (Å²) in [4.78, 5) is 8.58. The van der Waals surface area contributed by atoms with Crippen LogP contribution >= 0.6 is 0 Å². The number of aromatic nitrogens is 2. The predicted octanol–water partition coefficient (Wildman–Crippen LogP) is 3.53. The van der Waals surface area contributed by atoms with Crippen LogP contribution in [0.1, 0.15) is 41.8 Å². The van der Waals surface area contributed by atoms with Crippen LogP contribution in [0.5, 0.6) is 0 Å². The van der Waals surface area contributed by atoms with Crippen molar-refractivity contribution in [3.63, 3.8) is 0 Å². The monoisotopic (exact) mass is 252 g/mol. The SMILES string of the molecule is c1cnc2c(c1)CCC2.c1cnc2c(c1)CCCC2. The van der Waals surface area contributed by atoms with Crippen molar-refractivity contribution in [3.05, 3.63) is 59.2 Å². The van der Waals surface area contributed by atoms with Crippen LogP contribution in [-0.2, 0) is 25.7 Å². The van der Waals surface area contributed by atoms with Gasteiger partial charge in [0.15, 0.2) is 0 Å². The zero-order valence-electron chi connectivity index (χ0n) is 11.3. The van der Waals surface area contributed by atoms with E-state index >= 15 is 0 Å². The normalized spacial score (nSPS) is 16.0. The van der Waals surface area contributed by atoms with Gasteiger partial charge in [-0.15, -0.1) is 0 Å². The van der Waals surface area contributed by atoms with Crippen LogP contribution < -0.4 is 0 Å². The molecule has 4 rings (SSSR count). The number of hydrogen-bond donors (Lipinski definition) is 0. The van der Waals surface area contributed by atoms with Gasteiger partial charge < -0.3 is 0 Å². The molecule has 2 aromatic heterocycles. The Morgan fingerprint density at radius 2 is 1.16 bits per heavy atom. The van der Waals surface area contributed by atoms with Crippen molar-refractivity contribution >= 4 is 0 Å². The van der Waals surface area contributed by atoms with Crippen LogP contribution in [0, 0.1) is 0 Å².